The van der Waals surface area contributed by atoms with Crippen LogP contribution in [-0.2, 0) is 0 Å². The van der Waals surface area contributed by atoms with Crippen LogP contribution in [0.5, 0.6) is 0 Å². The lowest BCUT2D eigenvalue weighted by Gasteiger charge is -2.02. The first-order valence-electron chi connectivity index (χ1n) is 8.92. The summed E-state index contributed by atoms with van der Waals surface area (Å²) >= 11 is 5.93. The van der Waals surface area contributed by atoms with Crippen molar-refractivity contribution in [1.82, 2.24) is 20.2 Å². The maximum atomic E-state index is 11.0. The summed E-state index contributed by atoms with van der Waals surface area (Å²) in [5.41, 5.74) is 3.38. The first-order valence-corrected chi connectivity index (χ1v) is 9.30. The molecule has 9 heteroatoms. The number of fused-ring (bicyclic) bond motifs is 1. The molecule has 5 rings (SSSR count). The van der Waals surface area contributed by atoms with Gasteiger partial charge in [0.15, 0.2) is 0 Å². The fraction of sp³-hybridized carbons (Fsp3) is 0. The standard InChI is InChI=1S/C21H12ClN5O3/c22-13-7-5-12(6-8-13)20-25-26-21(30-20)16-4-2-1-3-15(16)19-23-17-10-9-14(27(28)29)11-18(17)24-19/h1-11H,(H,23,24). The van der Waals surface area contributed by atoms with Gasteiger partial charge in [-0.15, -0.1) is 10.2 Å². The zero-order chi connectivity index (χ0) is 20.7. The second-order valence-electron chi connectivity index (χ2n) is 6.51. The Morgan fingerprint density at radius 2 is 1.67 bits per heavy atom. The van der Waals surface area contributed by atoms with Crippen LogP contribution in [0.1, 0.15) is 0 Å². The van der Waals surface area contributed by atoms with E-state index < -0.39 is 4.92 Å². The number of hydrogen-bond acceptors (Lipinski definition) is 6. The molecule has 0 spiro atoms. The van der Waals surface area contributed by atoms with E-state index in [0.29, 0.717) is 39.2 Å². The van der Waals surface area contributed by atoms with Crippen LogP contribution in [0.3, 0.4) is 0 Å². The van der Waals surface area contributed by atoms with Gasteiger partial charge in [0, 0.05) is 33.8 Å². The lowest BCUT2D eigenvalue weighted by molar-refractivity contribution is -0.384. The minimum atomic E-state index is -0.440. The van der Waals surface area contributed by atoms with Crippen molar-refractivity contribution in [2.24, 2.45) is 0 Å². The second kappa shape index (κ2) is 7.09. The zero-order valence-electron chi connectivity index (χ0n) is 15.2. The van der Waals surface area contributed by atoms with Gasteiger partial charge >= 0.3 is 0 Å². The molecule has 0 saturated carbocycles. The second-order valence-corrected chi connectivity index (χ2v) is 6.95. The van der Waals surface area contributed by atoms with E-state index in [1.54, 1.807) is 30.3 Å². The number of rotatable bonds is 4. The summed E-state index contributed by atoms with van der Waals surface area (Å²) in [5, 5.41) is 20.0. The van der Waals surface area contributed by atoms with E-state index in [4.69, 9.17) is 16.0 Å². The lowest BCUT2D eigenvalue weighted by atomic mass is 10.1. The lowest BCUT2D eigenvalue weighted by Crippen LogP contribution is -1.87. The molecule has 0 radical (unpaired) electrons. The molecular weight excluding hydrogens is 406 g/mol. The molecule has 0 aliphatic rings. The molecule has 0 fully saturated rings. The average molecular weight is 418 g/mol. The number of hydrogen-bond donors (Lipinski definition) is 1. The van der Waals surface area contributed by atoms with Crippen molar-refractivity contribution < 1.29 is 9.34 Å². The van der Waals surface area contributed by atoms with Crippen LogP contribution in [0.15, 0.2) is 71.1 Å². The largest absolute Gasteiger partial charge is 0.416 e. The minimum Gasteiger partial charge on any atom is -0.416 e. The van der Waals surface area contributed by atoms with Crippen LogP contribution < -0.4 is 0 Å². The van der Waals surface area contributed by atoms with Gasteiger partial charge in [0.25, 0.3) is 5.69 Å². The summed E-state index contributed by atoms with van der Waals surface area (Å²) in [7, 11) is 0. The van der Waals surface area contributed by atoms with Crippen molar-refractivity contribution in [2.75, 3.05) is 0 Å². The molecule has 0 atom stereocenters. The normalized spacial score (nSPS) is 11.1. The highest BCUT2D eigenvalue weighted by Gasteiger charge is 2.17. The van der Waals surface area contributed by atoms with Crippen LogP contribution in [0.25, 0.3) is 45.3 Å². The number of nitrogens with one attached hydrogen (secondary N) is 1. The predicted molar refractivity (Wildman–Crippen MR) is 112 cm³/mol. The van der Waals surface area contributed by atoms with Crippen LogP contribution in [-0.4, -0.2) is 25.1 Å². The Hall–Kier alpha value is -4.04. The summed E-state index contributed by atoms with van der Waals surface area (Å²) in [6.45, 7) is 0. The molecule has 8 nitrogen and oxygen atoms in total. The van der Waals surface area contributed by atoms with E-state index >= 15 is 0 Å². The summed E-state index contributed by atoms with van der Waals surface area (Å²) in [4.78, 5) is 18.3. The zero-order valence-corrected chi connectivity index (χ0v) is 16.0. The van der Waals surface area contributed by atoms with E-state index in [0.717, 1.165) is 11.1 Å². The molecule has 5 aromatic rings. The molecule has 2 aromatic heterocycles. The molecule has 0 aliphatic carbocycles. The summed E-state index contributed by atoms with van der Waals surface area (Å²) in [5.74, 6) is 1.26. The predicted octanol–water partition coefficient (Wildman–Crippen LogP) is 5.51. The number of H-pyrrole nitrogens is 1. The number of nitro groups is 1. The molecule has 0 saturated heterocycles. The molecule has 3 aromatic carbocycles. The Morgan fingerprint density at radius 3 is 2.43 bits per heavy atom. The van der Waals surface area contributed by atoms with Gasteiger partial charge in [-0.05, 0) is 36.4 Å². The first-order chi connectivity index (χ1) is 14.6. The maximum Gasteiger partial charge on any atom is 0.271 e. The minimum absolute atomic E-state index is 0.00417. The van der Waals surface area contributed by atoms with Crippen molar-refractivity contribution in [3.05, 3.63) is 81.9 Å². The Bertz CT molecular complexity index is 1390. The van der Waals surface area contributed by atoms with Gasteiger partial charge < -0.3 is 9.40 Å². The highest BCUT2D eigenvalue weighted by Crippen LogP contribution is 2.33. The number of halogens is 1. The Labute approximate surface area is 174 Å². The molecule has 0 bridgehead atoms. The molecule has 0 amide bonds. The van der Waals surface area contributed by atoms with E-state index in [1.165, 1.54) is 12.1 Å². The van der Waals surface area contributed by atoms with Crippen LogP contribution in [0.2, 0.25) is 5.02 Å². The van der Waals surface area contributed by atoms with Crippen molar-refractivity contribution in [3.63, 3.8) is 0 Å². The van der Waals surface area contributed by atoms with Gasteiger partial charge in [0.1, 0.15) is 5.82 Å². The Balaban J connectivity index is 1.57. The number of imidazole rings is 1. The molecule has 2 heterocycles. The molecule has 0 unspecified atom stereocenters. The average Bonchev–Trinajstić information content (AvgIpc) is 3.41. The molecule has 146 valence electrons. The van der Waals surface area contributed by atoms with Crippen molar-refractivity contribution in [2.45, 2.75) is 0 Å². The fourth-order valence-corrected chi connectivity index (χ4v) is 3.28. The molecular formula is C21H12ClN5O3. The molecule has 1 N–H and O–H groups in total. The van der Waals surface area contributed by atoms with E-state index in [1.807, 2.05) is 24.3 Å². The van der Waals surface area contributed by atoms with E-state index in [9.17, 15) is 10.1 Å². The third-order valence-corrected chi connectivity index (χ3v) is 4.86. The van der Waals surface area contributed by atoms with Gasteiger partial charge in [0.05, 0.1) is 16.0 Å². The van der Waals surface area contributed by atoms with Crippen LogP contribution >= 0.6 is 11.6 Å². The van der Waals surface area contributed by atoms with Gasteiger partial charge in [-0.1, -0.05) is 29.8 Å². The third kappa shape index (κ3) is 3.19. The highest BCUT2D eigenvalue weighted by molar-refractivity contribution is 6.30. The van der Waals surface area contributed by atoms with Gasteiger partial charge in [0.2, 0.25) is 11.8 Å². The quantitative estimate of drug-likeness (QED) is 0.305. The van der Waals surface area contributed by atoms with Gasteiger partial charge in [-0.25, -0.2) is 4.98 Å². The van der Waals surface area contributed by atoms with Crippen LogP contribution in [0, 0.1) is 10.1 Å². The molecule has 0 aliphatic heterocycles. The number of non-ortho nitro benzene ring substituents is 1. The topological polar surface area (TPSA) is 111 Å². The molecule has 30 heavy (non-hydrogen) atoms. The van der Waals surface area contributed by atoms with E-state index in [-0.39, 0.29) is 5.69 Å². The maximum absolute atomic E-state index is 11.0. The summed E-state index contributed by atoms with van der Waals surface area (Å²) in [6.07, 6.45) is 0. The smallest absolute Gasteiger partial charge is 0.271 e. The summed E-state index contributed by atoms with van der Waals surface area (Å²) < 4.78 is 5.89. The van der Waals surface area contributed by atoms with Crippen molar-refractivity contribution in [3.8, 4) is 34.3 Å². The highest BCUT2D eigenvalue weighted by atomic mass is 35.5. The Morgan fingerprint density at radius 1 is 0.933 bits per heavy atom. The number of aromatic nitrogens is 4. The van der Waals surface area contributed by atoms with E-state index in [2.05, 4.69) is 20.2 Å². The third-order valence-electron chi connectivity index (χ3n) is 4.61. The van der Waals surface area contributed by atoms with Crippen molar-refractivity contribution in [1.29, 1.82) is 0 Å². The SMILES string of the molecule is O=[N+]([O-])c1ccc2nc(-c3ccccc3-c3nnc(-c4ccc(Cl)cc4)o3)[nH]c2c1. The van der Waals surface area contributed by atoms with Gasteiger partial charge in [-0.3, -0.25) is 10.1 Å². The summed E-state index contributed by atoms with van der Waals surface area (Å²) in [6, 6.07) is 19.1. The monoisotopic (exact) mass is 417 g/mol. The first kappa shape index (κ1) is 18.0. The van der Waals surface area contributed by atoms with Crippen molar-refractivity contribution >= 4 is 28.3 Å². The number of nitrogens with zero attached hydrogens (tertiary/aromatic N) is 4. The fourth-order valence-electron chi connectivity index (χ4n) is 3.16. The van der Waals surface area contributed by atoms with Gasteiger partial charge in [-0.2, -0.15) is 0 Å². The number of nitro benzene ring substituents is 1. The number of aromatic amines is 1. The van der Waals surface area contributed by atoms with Crippen LogP contribution in [0.4, 0.5) is 5.69 Å². The number of benzene rings is 3. The Kier molecular flexibility index (Phi) is 4.26.